The Labute approximate surface area is 390 Å². The number of aromatic nitrogens is 3. The highest BCUT2D eigenvalue weighted by Gasteiger charge is 2.24. The fourth-order valence-electron chi connectivity index (χ4n) is 5.96. The molecule has 28 nitrogen and oxygen atoms in total. The fourth-order valence-corrected chi connectivity index (χ4v) is 10.0. The molecule has 1 amide bonds. The van der Waals surface area contributed by atoms with Gasteiger partial charge in [-0.3, -0.25) is 27.6 Å². The zero-order chi connectivity index (χ0) is 50.9. The molecule has 1 aromatic heterocycles. The number of nitrogens with one attached hydrogen (secondary N) is 4. The van der Waals surface area contributed by atoms with Crippen molar-refractivity contribution in [1.82, 2.24) is 15.0 Å². The third kappa shape index (κ3) is 13.5. The highest BCUT2D eigenvalue weighted by molar-refractivity contribution is 7.91. The molecule has 0 saturated carbocycles. The summed E-state index contributed by atoms with van der Waals surface area (Å²) in [4.78, 5) is 21.1. The minimum atomic E-state index is -5.11. The zero-order valence-electron chi connectivity index (χ0n) is 34.2. The number of benzene rings is 5. The van der Waals surface area contributed by atoms with E-state index in [9.17, 15) is 73.5 Å². The lowest BCUT2D eigenvalue weighted by atomic mass is 10.1. The van der Waals surface area contributed by atoms with Crippen LogP contribution in [0.4, 0.5) is 52.0 Å². The lowest BCUT2D eigenvalue weighted by molar-refractivity contribution is -0.114. The molecule has 6 aromatic rings. The Balaban J connectivity index is 1.42. The van der Waals surface area contributed by atoms with Gasteiger partial charge in [-0.1, -0.05) is 18.2 Å². The predicted molar refractivity (Wildman–Crippen MR) is 240 cm³/mol. The molecule has 0 bridgehead atoms. The van der Waals surface area contributed by atoms with Gasteiger partial charge in [0.05, 0.1) is 39.2 Å². The number of azo groups is 1. The van der Waals surface area contributed by atoms with Crippen LogP contribution < -0.4 is 21.3 Å². The van der Waals surface area contributed by atoms with Gasteiger partial charge in [-0.25, -0.2) is 12.6 Å². The number of nitrogens with zero attached hydrogens (tertiary/aromatic N) is 5. The largest absolute Gasteiger partial charge is 0.397 e. The molecule has 5 aromatic carbocycles. The van der Waals surface area contributed by atoms with Crippen molar-refractivity contribution in [3.8, 4) is 0 Å². The van der Waals surface area contributed by atoms with E-state index in [1.165, 1.54) is 36.4 Å². The molecule has 0 aliphatic carbocycles. The molecule has 0 fully saturated rings. The second-order valence-corrected chi connectivity index (χ2v) is 22.5. The maximum Gasteiger partial charge on any atom is 0.397 e. The average Bonchev–Trinajstić information content (AvgIpc) is 3.20. The number of hydrogen-bond donors (Lipinski definition) is 9. The van der Waals surface area contributed by atoms with Gasteiger partial charge >= 0.3 is 10.4 Å². The lowest BCUT2D eigenvalue weighted by Gasteiger charge is -2.14. The van der Waals surface area contributed by atoms with E-state index in [-0.39, 0.29) is 44.1 Å². The SMILES string of the molecule is CC(=O)Nc1cc(Nc2nc(Nc3cccc(S(=O)(=O)CCOS(=O)(=O)O)c3)nc(Nc3cc(S(=O)(=O)O)ccc3S(=O)(=O)O)n2)ccc1N=Nc1cc(S(=O)(=O)O)c2cccc(S(=O)(=O)O)c2c1. The summed E-state index contributed by atoms with van der Waals surface area (Å²) in [6, 6.07) is 15.7. The van der Waals surface area contributed by atoms with Gasteiger partial charge in [0.1, 0.15) is 20.4 Å². The minimum absolute atomic E-state index is 0.0326. The second kappa shape index (κ2) is 19.4. The van der Waals surface area contributed by atoms with Crippen molar-refractivity contribution in [3.05, 3.63) is 91.0 Å². The van der Waals surface area contributed by atoms with E-state index in [0.29, 0.717) is 18.2 Å². The summed E-state index contributed by atoms with van der Waals surface area (Å²) >= 11 is 0. The summed E-state index contributed by atoms with van der Waals surface area (Å²) < 4.78 is 197. The average molecular weight is 1070 g/mol. The Morgan fingerprint density at radius 3 is 1.72 bits per heavy atom. The fraction of sp³-hybridized carbons (Fsp3) is 0.0857. The molecular formula is C35H31N9O19S6. The Morgan fingerprint density at radius 1 is 0.551 bits per heavy atom. The van der Waals surface area contributed by atoms with Crippen molar-refractivity contribution in [1.29, 1.82) is 0 Å². The molecule has 0 spiro atoms. The van der Waals surface area contributed by atoms with Crippen molar-refractivity contribution in [2.75, 3.05) is 33.6 Å². The van der Waals surface area contributed by atoms with Crippen LogP contribution in [0, 0.1) is 0 Å². The van der Waals surface area contributed by atoms with E-state index < -0.39 is 122 Å². The summed E-state index contributed by atoms with van der Waals surface area (Å²) in [6.07, 6.45) is 0. The van der Waals surface area contributed by atoms with Gasteiger partial charge in [0.25, 0.3) is 40.5 Å². The number of hydrogen-bond acceptors (Lipinski definition) is 22. The van der Waals surface area contributed by atoms with Crippen LogP contribution in [0.25, 0.3) is 10.8 Å². The van der Waals surface area contributed by atoms with Crippen molar-refractivity contribution < 1.29 is 82.2 Å². The first-order valence-electron chi connectivity index (χ1n) is 18.3. The van der Waals surface area contributed by atoms with E-state index in [4.69, 9.17) is 4.55 Å². The van der Waals surface area contributed by atoms with Gasteiger partial charge < -0.3 is 21.3 Å². The topological polar surface area (TPSA) is 444 Å². The second-order valence-electron chi connectivity index (χ2n) is 13.7. The van der Waals surface area contributed by atoms with Crippen LogP contribution in [-0.4, -0.2) is 106 Å². The van der Waals surface area contributed by atoms with Crippen molar-refractivity contribution in [2.24, 2.45) is 10.2 Å². The predicted octanol–water partition coefficient (Wildman–Crippen LogP) is 4.21. The number of sulfone groups is 1. The molecule has 1 heterocycles. The Bertz CT molecular complexity index is 3800. The third-order valence-corrected chi connectivity index (χ3v) is 14.4. The van der Waals surface area contributed by atoms with E-state index in [0.717, 1.165) is 43.3 Å². The van der Waals surface area contributed by atoms with Crippen LogP contribution in [0.5, 0.6) is 0 Å². The maximum absolute atomic E-state index is 12.9. The number of carbonyl (C=O) groups is 1. The molecule has 0 aliphatic heterocycles. The number of fused-ring (bicyclic) bond motifs is 1. The quantitative estimate of drug-likeness (QED) is 0.0430. The van der Waals surface area contributed by atoms with Gasteiger partial charge in [0, 0.05) is 29.1 Å². The first-order chi connectivity index (χ1) is 31.9. The molecule has 9 N–H and O–H groups in total. The summed E-state index contributed by atoms with van der Waals surface area (Å²) in [5.41, 5.74) is -1.28. The first kappa shape index (κ1) is 51.7. The molecule has 0 saturated heterocycles. The van der Waals surface area contributed by atoms with E-state index >= 15 is 0 Å². The van der Waals surface area contributed by atoms with Crippen LogP contribution >= 0.6 is 0 Å². The van der Waals surface area contributed by atoms with Gasteiger partial charge in [-0.2, -0.15) is 62.2 Å². The van der Waals surface area contributed by atoms with E-state index in [1.807, 2.05) is 0 Å². The Kier molecular flexibility index (Phi) is 14.5. The standard InChI is InChI=1S/C35H31N9O19S6/c1-19(45)36-28-16-21(8-10-27(28)44-43-22-15-26-25(32(17-22)68(57,58)59)6-3-7-30(26)66(51,52)53)38-34-40-33(37-20-4-2-5-23(14-20)64(46,47)13-12-63-69(60,61)62)41-35(42-34)39-29-18-24(65(48,49)50)9-11-31(29)67(54,55)56/h2-11,14-18H,12-13H2,1H3,(H,36,45)(H,48,49,50)(H,51,52,53)(H,54,55,56)(H,57,58,59)(H,60,61,62)(H3,37,38,39,40,41,42). The van der Waals surface area contributed by atoms with Crippen molar-refractivity contribution >= 4 is 129 Å². The highest BCUT2D eigenvalue weighted by Crippen LogP contribution is 2.36. The molecule has 366 valence electrons. The number of amides is 1. The van der Waals surface area contributed by atoms with E-state index in [1.54, 1.807) is 0 Å². The first-order valence-corrected chi connectivity index (χ1v) is 27.1. The smallest absolute Gasteiger partial charge is 0.324 e. The Morgan fingerprint density at radius 2 is 1.14 bits per heavy atom. The monoisotopic (exact) mass is 1070 g/mol. The van der Waals surface area contributed by atoms with Gasteiger partial charge in [0.15, 0.2) is 9.84 Å². The van der Waals surface area contributed by atoms with Crippen LogP contribution in [0.15, 0.2) is 126 Å². The molecule has 34 heteroatoms. The summed E-state index contributed by atoms with van der Waals surface area (Å²) in [6.45, 7) is 0.170. The maximum atomic E-state index is 12.9. The summed E-state index contributed by atoms with van der Waals surface area (Å²) in [7, 11) is -29.3. The molecule has 0 unspecified atom stereocenters. The van der Waals surface area contributed by atoms with Gasteiger partial charge in [-0.05, 0) is 72.8 Å². The molecule has 6 rings (SSSR count). The lowest BCUT2D eigenvalue weighted by Crippen LogP contribution is -2.15. The molecule has 0 radical (unpaired) electrons. The number of carbonyl (C=O) groups excluding carboxylic acids is 1. The zero-order valence-corrected chi connectivity index (χ0v) is 39.1. The summed E-state index contributed by atoms with van der Waals surface area (Å²) in [5, 5.41) is 17.7. The van der Waals surface area contributed by atoms with Gasteiger partial charge in [-0.15, -0.1) is 5.11 Å². The van der Waals surface area contributed by atoms with Crippen molar-refractivity contribution in [2.45, 2.75) is 31.4 Å². The molecular weight excluding hydrogens is 1040 g/mol. The summed E-state index contributed by atoms with van der Waals surface area (Å²) in [5.74, 6) is -3.06. The van der Waals surface area contributed by atoms with Crippen LogP contribution in [0.2, 0.25) is 0 Å². The minimum Gasteiger partial charge on any atom is -0.324 e. The highest BCUT2D eigenvalue weighted by atomic mass is 32.3. The van der Waals surface area contributed by atoms with Crippen molar-refractivity contribution in [3.63, 3.8) is 0 Å². The van der Waals surface area contributed by atoms with Crippen LogP contribution in [0.3, 0.4) is 0 Å². The van der Waals surface area contributed by atoms with Crippen LogP contribution in [0.1, 0.15) is 6.92 Å². The number of anilines is 7. The van der Waals surface area contributed by atoms with E-state index in [2.05, 4.69) is 50.6 Å². The Hall–Kier alpha value is -6.70. The van der Waals surface area contributed by atoms with Crippen LogP contribution in [-0.2, 0) is 69.7 Å². The number of rotatable bonds is 18. The normalized spacial score (nSPS) is 12.8. The molecule has 69 heavy (non-hydrogen) atoms. The molecule has 0 atom stereocenters. The third-order valence-electron chi connectivity index (χ3n) is 8.74. The van der Waals surface area contributed by atoms with Gasteiger partial charge in [0.2, 0.25) is 23.8 Å². The molecule has 0 aliphatic rings.